The zero-order chi connectivity index (χ0) is 15.0. The van der Waals surface area contributed by atoms with E-state index >= 15 is 0 Å². The van der Waals surface area contributed by atoms with Gasteiger partial charge in [-0.1, -0.05) is 65.5 Å². The van der Waals surface area contributed by atoms with Crippen LogP contribution in [0.25, 0.3) is 0 Å². The van der Waals surface area contributed by atoms with Crippen LogP contribution in [0, 0.1) is 0 Å². The highest BCUT2D eigenvalue weighted by Gasteiger charge is 2.14. The van der Waals surface area contributed by atoms with Gasteiger partial charge in [0.05, 0.1) is 12.2 Å². The second-order valence-electron chi connectivity index (χ2n) is 6.38. The molecule has 2 heteroatoms. The van der Waals surface area contributed by atoms with Gasteiger partial charge in [0.1, 0.15) is 0 Å². The summed E-state index contributed by atoms with van der Waals surface area (Å²) in [4.78, 5) is 11.9. The molecule has 0 aliphatic rings. The normalized spacial score (nSPS) is 11.4. The maximum Gasteiger partial charge on any atom is 0.338 e. The molecule has 0 saturated heterocycles. The van der Waals surface area contributed by atoms with Gasteiger partial charge in [0.2, 0.25) is 0 Å². The molecule has 20 heavy (non-hydrogen) atoms. The third-order valence-corrected chi connectivity index (χ3v) is 3.47. The lowest BCUT2D eigenvalue weighted by molar-refractivity contribution is 0.0497. The Bertz CT molecular complexity index is 398. The number of rotatable bonds is 7. The minimum absolute atomic E-state index is 0.113. The molecular formula is C18H28O2. The van der Waals surface area contributed by atoms with Crippen LogP contribution in [-0.2, 0) is 10.2 Å². The Labute approximate surface area is 123 Å². The van der Waals surface area contributed by atoms with Gasteiger partial charge >= 0.3 is 5.97 Å². The number of hydrogen-bond acceptors (Lipinski definition) is 2. The first-order valence-electron chi connectivity index (χ1n) is 7.73. The van der Waals surface area contributed by atoms with Crippen LogP contribution in [-0.4, -0.2) is 12.6 Å². The lowest BCUT2D eigenvalue weighted by atomic mass is 9.87. The van der Waals surface area contributed by atoms with E-state index in [1.54, 1.807) is 0 Å². The molecular weight excluding hydrogens is 248 g/mol. The van der Waals surface area contributed by atoms with Crippen molar-refractivity contribution in [1.29, 1.82) is 0 Å². The van der Waals surface area contributed by atoms with Gasteiger partial charge in [0, 0.05) is 0 Å². The molecule has 1 rings (SSSR count). The van der Waals surface area contributed by atoms with Gasteiger partial charge in [-0.25, -0.2) is 4.79 Å². The lowest BCUT2D eigenvalue weighted by Crippen LogP contribution is -2.12. The number of hydrogen-bond donors (Lipinski definition) is 0. The quantitative estimate of drug-likeness (QED) is 0.511. The molecule has 0 fully saturated rings. The predicted octanol–water partition coefficient (Wildman–Crippen LogP) is 5.11. The first-order valence-corrected chi connectivity index (χ1v) is 7.73. The molecule has 0 radical (unpaired) electrons. The molecule has 0 spiro atoms. The van der Waals surface area contributed by atoms with Crippen molar-refractivity contribution in [3.8, 4) is 0 Å². The molecule has 0 saturated carbocycles. The van der Waals surface area contributed by atoms with E-state index in [1.165, 1.54) is 24.8 Å². The Morgan fingerprint density at radius 3 is 2.15 bits per heavy atom. The molecule has 112 valence electrons. The summed E-state index contributed by atoms with van der Waals surface area (Å²) in [5, 5.41) is 0. The fourth-order valence-corrected chi connectivity index (χ4v) is 2.06. The number of esters is 1. The van der Waals surface area contributed by atoms with Gasteiger partial charge in [-0.3, -0.25) is 0 Å². The fourth-order valence-electron chi connectivity index (χ4n) is 2.06. The SMILES string of the molecule is CCCCCCCOC(=O)c1ccc(C(C)(C)C)cc1. The van der Waals surface area contributed by atoms with E-state index < -0.39 is 0 Å². The lowest BCUT2D eigenvalue weighted by Gasteiger charge is -2.18. The molecule has 0 bridgehead atoms. The van der Waals surface area contributed by atoms with Crippen LogP contribution in [0.15, 0.2) is 24.3 Å². The molecule has 2 nitrogen and oxygen atoms in total. The highest BCUT2D eigenvalue weighted by molar-refractivity contribution is 5.89. The first kappa shape index (κ1) is 16.7. The van der Waals surface area contributed by atoms with Gasteiger partial charge in [0.15, 0.2) is 0 Å². The summed E-state index contributed by atoms with van der Waals surface area (Å²) in [6, 6.07) is 7.75. The maximum atomic E-state index is 11.9. The molecule has 0 amide bonds. The molecule has 0 atom stereocenters. The van der Waals surface area contributed by atoms with Crippen molar-refractivity contribution >= 4 is 5.97 Å². The first-order chi connectivity index (χ1) is 9.45. The Kier molecular flexibility index (Phi) is 6.77. The summed E-state index contributed by atoms with van der Waals surface area (Å²) in [5.41, 5.74) is 1.99. The summed E-state index contributed by atoms with van der Waals surface area (Å²) >= 11 is 0. The van der Waals surface area contributed by atoms with Crippen molar-refractivity contribution in [2.45, 2.75) is 65.2 Å². The molecule has 0 N–H and O–H groups in total. The highest BCUT2D eigenvalue weighted by Crippen LogP contribution is 2.22. The Hall–Kier alpha value is -1.31. The molecule has 0 unspecified atom stereocenters. The smallest absolute Gasteiger partial charge is 0.338 e. The summed E-state index contributed by atoms with van der Waals surface area (Å²) in [7, 11) is 0. The standard InChI is InChI=1S/C18H28O2/c1-5-6-7-8-9-14-20-17(19)15-10-12-16(13-11-15)18(2,3)4/h10-13H,5-9,14H2,1-4H3. The third kappa shape index (κ3) is 5.77. The van der Waals surface area contributed by atoms with Crippen LogP contribution in [0.5, 0.6) is 0 Å². The van der Waals surface area contributed by atoms with E-state index in [2.05, 4.69) is 27.7 Å². The summed E-state index contributed by atoms with van der Waals surface area (Å²) in [5.74, 6) is -0.207. The zero-order valence-electron chi connectivity index (χ0n) is 13.4. The van der Waals surface area contributed by atoms with E-state index in [9.17, 15) is 4.79 Å². The van der Waals surface area contributed by atoms with E-state index in [0.717, 1.165) is 12.8 Å². The molecule has 1 aromatic rings. The molecule has 1 aromatic carbocycles. The third-order valence-electron chi connectivity index (χ3n) is 3.47. The van der Waals surface area contributed by atoms with E-state index in [1.807, 2.05) is 24.3 Å². The monoisotopic (exact) mass is 276 g/mol. The van der Waals surface area contributed by atoms with Gasteiger partial charge in [-0.05, 0) is 29.5 Å². The topological polar surface area (TPSA) is 26.3 Å². The van der Waals surface area contributed by atoms with Gasteiger partial charge in [0.25, 0.3) is 0 Å². The summed E-state index contributed by atoms with van der Waals surface area (Å²) in [6.45, 7) is 9.22. The van der Waals surface area contributed by atoms with Crippen molar-refractivity contribution in [3.63, 3.8) is 0 Å². The fraction of sp³-hybridized carbons (Fsp3) is 0.611. The average Bonchev–Trinajstić information content (AvgIpc) is 2.41. The highest BCUT2D eigenvalue weighted by atomic mass is 16.5. The number of benzene rings is 1. The Morgan fingerprint density at radius 2 is 1.60 bits per heavy atom. The minimum atomic E-state index is -0.207. The largest absolute Gasteiger partial charge is 0.462 e. The van der Waals surface area contributed by atoms with Crippen LogP contribution in [0.2, 0.25) is 0 Å². The molecule has 0 heterocycles. The molecule has 0 aromatic heterocycles. The number of carbonyl (C=O) groups excluding carboxylic acids is 1. The minimum Gasteiger partial charge on any atom is -0.462 e. The molecule has 0 aliphatic heterocycles. The molecule has 0 aliphatic carbocycles. The number of ether oxygens (including phenoxy) is 1. The number of carbonyl (C=O) groups is 1. The van der Waals surface area contributed by atoms with E-state index in [4.69, 9.17) is 4.74 Å². The van der Waals surface area contributed by atoms with Crippen molar-refractivity contribution in [1.82, 2.24) is 0 Å². The van der Waals surface area contributed by atoms with Crippen molar-refractivity contribution in [2.24, 2.45) is 0 Å². The predicted molar refractivity (Wildman–Crippen MR) is 84.2 cm³/mol. The van der Waals surface area contributed by atoms with E-state index in [0.29, 0.717) is 12.2 Å². The van der Waals surface area contributed by atoms with Crippen LogP contribution >= 0.6 is 0 Å². The van der Waals surface area contributed by atoms with Crippen LogP contribution in [0.3, 0.4) is 0 Å². The zero-order valence-corrected chi connectivity index (χ0v) is 13.4. The Balaban J connectivity index is 2.37. The second-order valence-corrected chi connectivity index (χ2v) is 6.38. The van der Waals surface area contributed by atoms with E-state index in [-0.39, 0.29) is 11.4 Å². The van der Waals surface area contributed by atoms with Crippen molar-refractivity contribution < 1.29 is 9.53 Å². The van der Waals surface area contributed by atoms with Gasteiger partial charge in [-0.2, -0.15) is 0 Å². The van der Waals surface area contributed by atoms with Crippen LogP contribution in [0.1, 0.15) is 75.7 Å². The second kappa shape index (κ2) is 8.08. The average molecular weight is 276 g/mol. The Morgan fingerprint density at radius 1 is 1.00 bits per heavy atom. The summed E-state index contributed by atoms with van der Waals surface area (Å²) < 4.78 is 5.29. The van der Waals surface area contributed by atoms with Crippen LogP contribution < -0.4 is 0 Å². The van der Waals surface area contributed by atoms with Gasteiger partial charge < -0.3 is 4.74 Å². The summed E-state index contributed by atoms with van der Waals surface area (Å²) in [6.07, 6.45) is 5.84. The maximum absolute atomic E-state index is 11.9. The van der Waals surface area contributed by atoms with Crippen molar-refractivity contribution in [3.05, 3.63) is 35.4 Å². The van der Waals surface area contributed by atoms with Crippen molar-refractivity contribution in [2.75, 3.05) is 6.61 Å². The number of unbranched alkanes of at least 4 members (excludes halogenated alkanes) is 4. The van der Waals surface area contributed by atoms with Crippen LogP contribution in [0.4, 0.5) is 0 Å². The van der Waals surface area contributed by atoms with Gasteiger partial charge in [-0.15, -0.1) is 0 Å².